The van der Waals surface area contributed by atoms with Crippen LogP contribution in [0.25, 0.3) is 0 Å². The number of carbonyl (C=O) groups excluding carboxylic acids is 1. The first-order chi connectivity index (χ1) is 12.2. The van der Waals surface area contributed by atoms with Gasteiger partial charge in [-0.3, -0.25) is 14.8 Å². The Morgan fingerprint density at radius 1 is 1.32 bits per heavy atom. The van der Waals surface area contributed by atoms with Gasteiger partial charge in [-0.2, -0.15) is 5.10 Å². The van der Waals surface area contributed by atoms with Crippen molar-refractivity contribution >= 4 is 34.1 Å². The second-order valence-electron chi connectivity index (χ2n) is 5.31. The largest absolute Gasteiger partial charge is 0.305 e. The number of rotatable bonds is 7. The molecule has 1 atom stereocenters. The average Bonchev–Trinajstić information content (AvgIpc) is 3.24. The molecular formula is C16H18N6OS2. The van der Waals surface area contributed by atoms with Crippen LogP contribution in [-0.4, -0.2) is 32.9 Å². The molecule has 0 bridgehead atoms. The molecule has 130 valence electrons. The number of hydrogen-bond acceptors (Lipinski definition) is 7. The van der Waals surface area contributed by atoms with Crippen LogP contribution in [0.2, 0.25) is 0 Å². The summed E-state index contributed by atoms with van der Waals surface area (Å²) in [5, 5.41) is 18.6. The first-order valence-corrected chi connectivity index (χ1v) is 9.43. The molecular weight excluding hydrogens is 356 g/mol. The van der Waals surface area contributed by atoms with E-state index in [1.165, 1.54) is 16.9 Å². The van der Waals surface area contributed by atoms with Crippen molar-refractivity contribution in [1.82, 2.24) is 25.3 Å². The predicted molar refractivity (Wildman–Crippen MR) is 99.6 cm³/mol. The van der Waals surface area contributed by atoms with Gasteiger partial charge in [-0.05, 0) is 12.6 Å². The summed E-state index contributed by atoms with van der Waals surface area (Å²) in [5.41, 5.74) is 2.02. The molecule has 0 saturated carbocycles. The predicted octanol–water partition coefficient (Wildman–Crippen LogP) is 2.46. The molecule has 3 aromatic rings. The number of benzene rings is 1. The number of likely N-dealkylation sites (N-methyl/N-ethyl adjacent to an activating group) is 1. The van der Waals surface area contributed by atoms with E-state index in [-0.39, 0.29) is 5.91 Å². The van der Waals surface area contributed by atoms with Crippen molar-refractivity contribution in [1.29, 1.82) is 0 Å². The number of aryl methyl sites for hydroxylation is 1. The van der Waals surface area contributed by atoms with Crippen LogP contribution in [0.5, 0.6) is 0 Å². The Hall–Kier alpha value is -2.23. The highest BCUT2D eigenvalue weighted by Crippen LogP contribution is 2.28. The maximum Gasteiger partial charge on any atom is 0.248 e. The topological polar surface area (TPSA) is 84.7 Å². The van der Waals surface area contributed by atoms with Crippen LogP contribution < -0.4 is 10.6 Å². The van der Waals surface area contributed by atoms with Gasteiger partial charge < -0.3 is 5.32 Å². The molecule has 0 fully saturated rings. The molecule has 0 spiro atoms. The van der Waals surface area contributed by atoms with Crippen molar-refractivity contribution in [3.63, 3.8) is 0 Å². The number of aromatic nitrogens is 4. The van der Waals surface area contributed by atoms with Crippen molar-refractivity contribution in [2.24, 2.45) is 7.05 Å². The number of nitrogens with zero attached hydrogens (tertiary/aromatic N) is 4. The summed E-state index contributed by atoms with van der Waals surface area (Å²) in [5.74, 6) is 0.629. The Morgan fingerprint density at radius 3 is 2.80 bits per heavy atom. The second kappa shape index (κ2) is 8.24. The minimum atomic E-state index is -0.488. The van der Waals surface area contributed by atoms with E-state index in [0.717, 1.165) is 15.7 Å². The molecule has 1 amide bonds. The van der Waals surface area contributed by atoms with E-state index >= 15 is 0 Å². The number of nitrogens with one attached hydrogen (secondary N) is 2. The lowest BCUT2D eigenvalue weighted by atomic mass is 10.1. The molecule has 3 rings (SSSR count). The van der Waals surface area contributed by atoms with Crippen LogP contribution in [0.4, 0.5) is 5.13 Å². The summed E-state index contributed by atoms with van der Waals surface area (Å²) in [4.78, 5) is 12.5. The highest BCUT2D eigenvalue weighted by molar-refractivity contribution is 8.00. The van der Waals surface area contributed by atoms with Crippen LogP contribution in [0.3, 0.4) is 0 Å². The maximum absolute atomic E-state index is 12.5. The molecule has 1 aromatic carbocycles. The van der Waals surface area contributed by atoms with Crippen molar-refractivity contribution < 1.29 is 4.79 Å². The molecule has 0 aliphatic carbocycles. The number of anilines is 1. The number of hydrogen-bond donors (Lipinski definition) is 2. The van der Waals surface area contributed by atoms with Crippen molar-refractivity contribution in [2.45, 2.75) is 16.1 Å². The maximum atomic E-state index is 12.5. The van der Waals surface area contributed by atoms with Gasteiger partial charge in [-0.15, -0.1) is 10.2 Å². The van der Waals surface area contributed by atoms with Crippen LogP contribution in [-0.2, 0) is 17.6 Å². The minimum absolute atomic E-state index is 0.189. The molecule has 2 aromatic heterocycles. The van der Waals surface area contributed by atoms with Crippen LogP contribution in [0.15, 0.2) is 47.1 Å². The van der Waals surface area contributed by atoms with E-state index < -0.39 is 6.04 Å². The summed E-state index contributed by atoms with van der Waals surface area (Å²) < 4.78 is 2.48. The normalized spacial score (nSPS) is 12.1. The van der Waals surface area contributed by atoms with Gasteiger partial charge in [0.2, 0.25) is 11.0 Å². The lowest BCUT2D eigenvalue weighted by Gasteiger charge is -2.12. The molecule has 25 heavy (non-hydrogen) atoms. The Bertz CT molecular complexity index is 832. The summed E-state index contributed by atoms with van der Waals surface area (Å²) >= 11 is 2.97. The molecule has 7 nitrogen and oxygen atoms in total. The highest BCUT2D eigenvalue weighted by Gasteiger charge is 2.21. The zero-order valence-electron chi connectivity index (χ0n) is 13.8. The van der Waals surface area contributed by atoms with E-state index in [2.05, 4.69) is 38.1 Å². The third-order valence-electron chi connectivity index (χ3n) is 3.45. The van der Waals surface area contributed by atoms with Gasteiger partial charge in [0.05, 0.1) is 6.20 Å². The highest BCUT2D eigenvalue weighted by atomic mass is 32.2. The molecule has 0 radical (unpaired) electrons. The number of amides is 1. The summed E-state index contributed by atoms with van der Waals surface area (Å²) in [6, 6.07) is 9.67. The van der Waals surface area contributed by atoms with Gasteiger partial charge in [0.15, 0.2) is 4.34 Å². The number of carbonyl (C=O) groups is 1. The van der Waals surface area contributed by atoms with Gasteiger partial charge in [-0.25, -0.2) is 0 Å². The van der Waals surface area contributed by atoms with Crippen molar-refractivity contribution in [3.05, 3.63) is 53.9 Å². The molecule has 2 heterocycles. The zero-order valence-corrected chi connectivity index (χ0v) is 15.5. The minimum Gasteiger partial charge on any atom is -0.305 e. The fourth-order valence-corrected chi connectivity index (χ4v) is 3.96. The van der Waals surface area contributed by atoms with Gasteiger partial charge >= 0.3 is 0 Å². The molecule has 1 unspecified atom stereocenters. The van der Waals surface area contributed by atoms with Crippen molar-refractivity contribution in [3.8, 4) is 0 Å². The average molecular weight is 374 g/mol. The van der Waals surface area contributed by atoms with Gasteiger partial charge in [0.25, 0.3) is 0 Å². The Kier molecular flexibility index (Phi) is 5.79. The van der Waals surface area contributed by atoms with E-state index in [1.807, 2.05) is 31.4 Å². The third-order valence-corrected chi connectivity index (χ3v) is 5.49. The van der Waals surface area contributed by atoms with Gasteiger partial charge in [0.1, 0.15) is 6.04 Å². The van der Waals surface area contributed by atoms with Crippen molar-refractivity contribution in [2.75, 3.05) is 12.4 Å². The summed E-state index contributed by atoms with van der Waals surface area (Å²) in [6.45, 7) is 0. The standard InChI is InChI=1S/C16H18N6OS2/c1-17-13(12-8-18-22(2)9-12)14(23)19-15-20-21-16(25-15)24-10-11-6-4-3-5-7-11/h3-9,13,17H,10H2,1-2H3,(H,19,20,23). The van der Waals surface area contributed by atoms with E-state index in [4.69, 9.17) is 0 Å². The lowest BCUT2D eigenvalue weighted by molar-refractivity contribution is -0.118. The summed E-state index contributed by atoms with van der Waals surface area (Å²) in [7, 11) is 3.55. The SMILES string of the molecule is CNC(C(=O)Nc1nnc(SCc2ccccc2)s1)c1cnn(C)c1. The monoisotopic (exact) mass is 374 g/mol. The molecule has 0 aliphatic heterocycles. The fraction of sp³-hybridized carbons (Fsp3) is 0.250. The Morgan fingerprint density at radius 2 is 2.12 bits per heavy atom. The van der Waals surface area contributed by atoms with Gasteiger partial charge in [0, 0.05) is 24.6 Å². The van der Waals surface area contributed by atoms with E-state index in [9.17, 15) is 4.79 Å². The molecule has 0 saturated heterocycles. The smallest absolute Gasteiger partial charge is 0.248 e. The second-order valence-corrected chi connectivity index (χ2v) is 7.51. The molecule has 9 heteroatoms. The van der Waals surface area contributed by atoms with Crippen LogP contribution in [0.1, 0.15) is 17.2 Å². The number of thioether (sulfide) groups is 1. The van der Waals surface area contributed by atoms with E-state index in [1.54, 1.807) is 29.7 Å². The van der Waals surface area contributed by atoms with Crippen LogP contribution in [0, 0.1) is 0 Å². The third kappa shape index (κ3) is 4.65. The zero-order chi connectivity index (χ0) is 17.6. The fourth-order valence-electron chi connectivity index (χ4n) is 2.25. The summed E-state index contributed by atoms with van der Waals surface area (Å²) in [6.07, 6.45) is 3.48. The first-order valence-electron chi connectivity index (χ1n) is 7.62. The Balaban J connectivity index is 1.59. The van der Waals surface area contributed by atoms with E-state index in [0.29, 0.717) is 5.13 Å². The first kappa shape index (κ1) is 17.6. The lowest BCUT2D eigenvalue weighted by Crippen LogP contribution is -2.30. The molecule has 2 N–H and O–H groups in total. The Labute approximate surface area is 153 Å². The van der Waals surface area contributed by atoms with Crippen LogP contribution >= 0.6 is 23.1 Å². The molecule has 0 aliphatic rings. The van der Waals surface area contributed by atoms with Gasteiger partial charge in [-0.1, -0.05) is 53.4 Å². The quantitative estimate of drug-likeness (QED) is 0.488.